The molecule has 1 aliphatic carbocycles. The topological polar surface area (TPSA) is 50.7 Å². The summed E-state index contributed by atoms with van der Waals surface area (Å²) in [4.78, 5) is 17.0. The Kier molecular flexibility index (Phi) is 5.43. The van der Waals surface area contributed by atoms with Gasteiger partial charge in [-0.1, -0.05) is 24.3 Å². The van der Waals surface area contributed by atoms with Crippen molar-refractivity contribution in [3.8, 4) is 0 Å². The van der Waals surface area contributed by atoms with Gasteiger partial charge in [0.05, 0.1) is 12.6 Å². The molecule has 1 atom stereocenters. The third-order valence-electron chi connectivity index (χ3n) is 4.22. The van der Waals surface area contributed by atoms with Crippen molar-refractivity contribution in [1.29, 1.82) is 0 Å². The van der Waals surface area contributed by atoms with Crippen molar-refractivity contribution >= 4 is 11.9 Å². The number of hydrogen-bond acceptors (Lipinski definition) is 3. The van der Waals surface area contributed by atoms with Crippen LogP contribution in [0.25, 0.3) is 0 Å². The molecule has 0 heterocycles. The average Bonchev–Trinajstić information content (AvgIpc) is 2.63. The van der Waals surface area contributed by atoms with E-state index in [1.165, 1.54) is 35.4 Å². The van der Waals surface area contributed by atoms with E-state index in [9.17, 15) is 9.18 Å². The second-order valence-corrected chi connectivity index (χ2v) is 5.94. The van der Waals surface area contributed by atoms with Gasteiger partial charge < -0.3 is 4.74 Å². The van der Waals surface area contributed by atoms with Gasteiger partial charge in [-0.15, -0.1) is 0 Å². The first-order valence-corrected chi connectivity index (χ1v) is 8.52. The molecule has 0 fully saturated rings. The van der Waals surface area contributed by atoms with Crippen LogP contribution in [0.5, 0.6) is 0 Å². The van der Waals surface area contributed by atoms with Gasteiger partial charge in [-0.05, 0) is 61.6 Å². The third-order valence-corrected chi connectivity index (χ3v) is 4.22. The zero-order valence-corrected chi connectivity index (χ0v) is 14.2. The Morgan fingerprint density at radius 3 is 2.76 bits per heavy atom. The summed E-state index contributed by atoms with van der Waals surface area (Å²) in [5.74, 6) is -0.745. The Bertz CT molecular complexity index is 772. The molecule has 0 saturated heterocycles. The van der Waals surface area contributed by atoms with Crippen LogP contribution < -0.4 is 5.32 Å². The molecule has 130 valence electrons. The Morgan fingerprint density at radius 1 is 1.24 bits per heavy atom. The number of ether oxygens (including phenoxy) is 1. The van der Waals surface area contributed by atoms with E-state index in [0.717, 1.165) is 19.3 Å². The summed E-state index contributed by atoms with van der Waals surface area (Å²) in [7, 11) is 0. The van der Waals surface area contributed by atoms with Crippen molar-refractivity contribution in [3.63, 3.8) is 0 Å². The van der Waals surface area contributed by atoms with Crippen molar-refractivity contribution in [1.82, 2.24) is 5.32 Å². The van der Waals surface area contributed by atoms with Crippen molar-refractivity contribution < 1.29 is 13.9 Å². The molecule has 2 aromatic rings. The van der Waals surface area contributed by atoms with Gasteiger partial charge in [-0.2, -0.15) is 0 Å². The lowest BCUT2D eigenvalue weighted by molar-refractivity contribution is 0.0966. The first-order valence-electron chi connectivity index (χ1n) is 8.52. The van der Waals surface area contributed by atoms with Gasteiger partial charge in [0.1, 0.15) is 5.82 Å². The number of nitrogens with one attached hydrogen (secondary N) is 1. The number of nitrogens with zero attached hydrogens (tertiary/aromatic N) is 1. The fourth-order valence-electron chi connectivity index (χ4n) is 3.02. The SMILES string of the molecule is CCOC(=N[C@H]1CCCc2ccccc21)NC(=O)c1ccc(F)cc1. The van der Waals surface area contributed by atoms with E-state index < -0.39 is 0 Å². The largest absolute Gasteiger partial charge is 0.465 e. The van der Waals surface area contributed by atoms with Crippen LogP contribution in [0.3, 0.4) is 0 Å². The summed E-state index contributed by atoms with van der Waals surface area (Å²) < 4.78 is 18.5. The first-order chi connectivity index (χ1) is 12.2. The highest BCUT2D eigenvalue weighted by Crippen LogP contribution is 2.32. The Morgan fingerprint density at radius 2 is 2.00 bits per heavy atom. The van der Waals surface area contributed by atoms with Gasteiger partial charge in [-0.3, -0.25) is 10.1 Å². The minimum absolute atomic E-state index is 0.0278. The van der Waals surface area contributed by atoms with Crippen molar-refractivity contribution in [3.05, 3.63) is 71.0 Å². The van der Waals surface area contributed by atoms with Gasteiger partial charge >= 0.3 is 0 Å². The zero-order chi connectivity index (χ0) is 17.6. The zero-order valence-electron chi connectivity index (χ0n) is 14.2. The lowest BCUT2D eigenvalue weighted by Gasteiger charge is -2.23. The monoisotopic (exact) mass is 340 g/mol. The van der Waals surface area contributed by atoms with Crippen molar-refractivity contribution in [2.24, 2.45) is 4.99 Å². The van der Waals surface area contributed by atoms with E-state index in [1.807, 2.05) is 19.1 Å². The van der Waals surface area contributed by atoms with Crippen LogP contribution in [0, 0.1) is 5.82 Å². The molecule has 0 unspecified atom stereocenters. The summed E-state index contributed by atoms with van der Waals surface area (Å²) in [5.41, 5.74) is 2.84. The van der Waals surface area contributed by atoms with Gasteiger partial charge in [0.15, 0.2) is 0 Å². The highest BCUT2D eigenvalue weighted by atomic mass is 19.1. The van der Waals surface area contributed by atoms with Crippen LogP contribution in [0.4, 0.5) is 4.39 Å². The molecule has 5 heteroatoms. The molecule has 0 radical (unpaired) electrons. The molecular weight excluding hydrogens is 319 g/mol. The summed E-state index contributed by atoms with van der Waals surface area (Å²) in [5, 5.41) is 2.70. The van der Waals surface area contributed by atoms with Crippen LogP contribution in [-0.4, -0.2) is 18.5 Å². The fourth-order valence-corrected chi connectivity index (χ4v) is 3.02. The average molecular weight is 340 g/mol. The van der Waals surface area contributed by atoms with E-state index in [2.05, 4.69) is 22.4 Å². The maximum Gasteiger partial charge on any atom is 0.292 e. The van der Waals surface area contributed by atoms with Crippen LogP contribution in [0.2, 0.25) is 0 Å². The van der Waals surface area contributed by atoms with E-state index in [-0.39, 0.29) is 23.8 Å². The molecular formula is C20H21FN2O2. The minimum atomic E-state index is -0.380. The molecule has 2 aromatic carbocycles. The lowest BCUT2D eigenvalue weighted by atomic mass is 9.88. The van der Waals surface area contributed by atoms with Crippen LogP contribution >= 0.6 is 0 Å². The van der Waals surface area contributed by atoms with Crippen molar-refractivity contribution in [2.75, 3.05) is 6.61 Å². The van der Waals surface area contributed by atoms with E-state index in [0.29, 0.717) is 12.2 Å². The third kappa shape index (κ3) is 4.24. The first kappa shape index (κ1) is 17.1. The Balaban J connectivity index is 1.80. The molecule has 1 amide bonds. The van der Waals surface area contributed by atoms with E-state index in [1.54, 1.807) is 0 Å². The van der Waals surface area contributed by atoms with Gasteiger partial charge in [0.25, 0.3) is 11.9 Å². The van der Waals surface area contributed by atoms with Crippen LogP contribution in [0.1, 0.15) is 47.3 Å². The molecule has 1 aliphatic rings. The molecule has 0 spiro atoms. The molecule has 0 saturated carbocycles. The molecule has 4 nitrogen and oxygen atoms in total. The number of halogens is 1. The quantitative estimate of drug-likeness (QED) is 0.677. The number of rotatable bonds is 3. The number of aliphatic imine (C=N–C) groups is 1. The number of benzene rings is 2. The minimum Gasteiger partial charge on any atom is -0.465 e. The summed E-state index contributed by atoms with van der Waals surface area (Å²) in [6, 6.07) is 13.8. The maximum absolute atomic E-state index is 13.0. The van der Waals surface area contributed by atoms with Gasteiger partial charge in [0.2, 0.25) is 0 Å². The predicted molar refractivity (Wildman–Crippen MR) is 95.0 cm³/mol. The second kappa shape index (κ2) is 7.92. The van der Waals surface area contributed by atoms with E-state index in [4.69, 9.17) is 4.74 Å². The number of hydrogen-bond donors (Lipinski definition) is 1. The summed E-state index contributed by atoms with van der Waals surface area (Å²) >= 11 is 0. The summed E-state index contributed by atoms with van der Waals surface area (Å²) in [6.07, 6.45) is 3.02. The van der Waals surface area contributed by atoms with Crippen molar-refractivity contribution in [2.45, 2.75) is 32.2 Å². The predicted octanol–water partition coefficient (Wildman–Crippen LogP) is 4.03. The molecule has 0 bridgehead atoms. The Hall–Kier alpha value is -2.69. The van der Waals surface area contributed by atoms with E-state index >= 15 is 0 Å². The number of carbonyl (C=O) groups excluding carboxylic acids is 1. The van der Waals surface area contributed by atoms with Crippen LogP contribution in [-0.2, 0) is 11.2 Å². The van der Waals surface area contributed by atoms with Gasteiger partial charge in [-0.25, -0.2) is 9.38 Å². The molecule has 25 heavy (non-hydrogen) atoms. The molecule has 3 rings (SSSR count). The maximum atomic E-state index is 13.0. The number of fused-ring (bicyclic) bond motifs is 1. The normalized spacial score (nSPS) is 16.9. The number of carbonyl (C=O) groups is 1. The highest BCUT2D eigenvalue weighted by molar-refractivity contribution is 6.04. The highest BCUT2D eigenvalue weighted by Gasteiger charge is 2.21. The fraction of sp³-hybridized carbons (Fsp3) is 0.300. The smallest absolute Gasteiger partial charge is 0.292 e. The molecule has 1 N–H and O–H groups in total. The lowest BCUT2D eigenvalue weighted by Crippen LogP contribution is -2.33. The molecule has 0 aromatic heterocycles. The number of aryl methyl sites for hydroxylation is 1. The Labute approximate surface area is 146 Å². The second-order valence-electron chi connectivity index (χ2n) is 5.94. The number of amidine groups is 1. The standard InChI is InChI=1S/C20H21FN2O2/c1-2-25-20(23-19(24)15-10-12-16(21)13-11-15)22-18-9-5-7-14-6-3-4-8-17(14)18/h3-4,6,8,10-13,18H,2,5,7,9H2,1H3,(H,22,23,24)/t18-/m0/s1. The number of amides is 1. The van der Waals surface area contributed by atoms with Gasteiger partial charge in [0, 0.05) is 5.56 Å². The summed E-state index contributed by atoms with van der Waals surface area (Å²) in [6.45, 7) is 2.24. The van der Waals surface area contributed by atoms with Crippen LogP contribution in [0.15, 0.2) is 53.5 Å². The molecule has 0 aliphatic heterocycles.